The number of rotatable bonds is 4. The summed E-state index contributed by atoms with van der Waals surface area (Å²) >= 11 is 0. The summed E-state index contributed by atoms with van der Waals surface area (Å²) < 4.78 is 6.85. The summed E-state index contributed by atoms with van der Waals surface area (Å²) in [6.07, 6.45) is 3.69. The molecule has 8 nitrogen and oxygen atoms in total. The normalized spacial score (nSPS) is 18.3. The van der Waals surface area contributed by atoms with Gasteiger partial charge in [-0.1, -0.05) is 12.1 Å². The molecule has 0 amide bonds. The molecular weight excluding hydrogens is 404 g/mol. The first kappa shape index (κ1) is 20.4. The van der Waals surface area contributed by atoms with E-state index in [0.29, 0.717) is 23.7 Å². The number of cyclic esters (lactones) is 1. The molecule has 1 saturated heterocycles. The van der Waals surface area contributed by atoms with Crippen LogP contribution in [0.25, 0.3) is 5.82 Å². The first-order chi connectivity index (χ1) is 15.5. The third-order valence-corrected chi connectivity index (χ3v) is 6.30. The number of nitrogens with zero attached hydrogens (tertiary/aromatic N) is 5. The van der Waals surface area contributed by atoms with E-state index >= 15 is 0 Å². The van der Waals surface area contributed by atoms with Gasteiger partial charge < -0.3 is 10.1 Å². The summed E-state index contributed by atoms with van der Waals surface area (Å²) in [5.74, 6) is 0.472. The molecule has 0 radical (unpaired) electrons. The van der Waals surface area contributed by atoms with E-state index in [1.54, 1.807) is 4.68 Å². The first-order valence-electron chi connectivity index (χ1n) is 10.7. The van der Waals surface area contributed by atoms with Gasteiger partial charge in [-0.3, -0.25) is 4.90 Å². The zero-order valence-corrected chi connectivity index (χ0v) is 18.1. The Balaban J connectivity index is 1.29. The third kappa shape index (κ3) is 3.66. The maximum absolute atomic E-state index is 11.8. The second kappa shape index (κ2) is 8.19. The zero-order chi connectivity index (χ0) is 22.2. The van der Waals surface area contributed by atoms with E-state index in [1.165, 1.54) is 5.56 Å². The van der Waals surface area contributed by atoms with E-state index in [1.807, 2.05) is 31.5 Å². The number of hydrogen-bond acceptors (Lipinski definition) is 7. The Bertz CT molecular complexity index is 1220. The largest absolute Gasteiger partial charge is 0.457 e. The van der Waals surface area contributed by atoms with Gasteiger partial charge in [-0.15, -0.1) is 0 Å². The number of nitrogens with one attached hydrogen (secondary N) is 1. The van der Waals surface area contributed by atoms with Gasteiger partial charge >= 0.3 is 5.97 Å². The number of pyridine rings is 1. The summed E-state index contributed by atoms with van der Waals surface area (Å²) in [6, 6.07) is 10.2. The van der Waals surface area contributed by atoms with Crippen molar-refractivity contribution in [1.29, 1.82) is 5.26 Å². The highest BCUT2D eigenvalue weighted by atomic mass is 16.5. The molecule has 4 heterocycles. The molecule has 0 aliphatic carbocycles. The predicted octanol–water partition coefficient (Wildman–Crippen LogP) is 2.57. The van der Waals surface area contributed by atoms with E-state index < -0.39 is 0 Å². The fourth-order valence-corrected chi connectivity index (χ4v) is 4.50. The molecule has 1 atom stereocenters. The van der Waals surface area contributed by atoms with Crippen LogP contribution in [0.2, 0.25) is 0 Å². The molecule has 1 unspecified atom stereocenters. The number of fused-ring (bicyclic) bond motifs is 1. The molecule has 2 aliphatic rings. The molecule has 162 valence electrons. The maximum Gasteiger partial charge on any atom is 0.338 e. The van der Waals surface area contributed by atoms with Crippen molar-refractivity contribution in [3.8, 4) is 11.9 Å². The van der Waals surface area contributed by atoms with Crippen LogP contribution in [0.3, 0.4) is 0 Å². The fraction of sp³-hybridized carbons (Fsp3) is 0.333. The SMILES string of the molecule is Cc1cn(-c2ccc(CN3CCNC(c4ccc5c(c4C)COC5=O)C3)cn2)nc1C#N. The van der Waals surface area contributed by atoms with Gasteiger partial charge in [0.05, 0.1) is 5.56 Å². The van der Waals surface area contributed by atoms with Crippen LogP contribution in [0.15, 0.2) is 36.7 Å². The minimum absolute atomic E-state index is 0.202. The Morgan fingerprint density at radius 1 is 1.28 bits per heavy atom. The number of carbonyl (C=O) groups is 1. The van der Waals surface area contributed by atoms with E-state index in [4.69, 9.17) is 10.00 Å². The number of ether oxygens (including phenoxy) is 1. The fourth-order valence-electron chi connectivity index (χ4n) is 4.50. The van der Waals surface area contributed by atoms with E-state index in [-0.39, 0.29) is 12.0 Å². The van der Waals surface area contributed by atoms with Gasteiger partial charge in [-0.05, 0) is 42.7 Å². The van der Waals surface area contributed by atoms with Crippen LogP contribution in [0.1, 0.15) is 49.9 Å². The molecule has 2 aromatic heterocycles. The topological polar surface area (TPSA) is 96.1 Å². The Morgan fingerprint density at radius 2 is 2.16 bits per heavy atom. The van der Waals surface area contributed by atoms with Gasteiger partial charge in [0.1, 0.15) is 12.7 Å². The first-order valence-corrected chi connectivity index (χ1v) is 10.7. The average Bonchev–Trinajstić information content (AvgIpc) is 3.37. The standard InChI is InChI=1S/C24H24N6O2/c1-15-11-30(28-21(15)9-25)23-6-3-17(10-27-23)12-29-8-7-26-22(13-29)18-4-5-19-20(16(18)2)14-32-24(19)31/h3-6,10-11,22,26H,7-8,12-14H2,1-2H3. The number of piperazine rings is 1. The smallest absolute Gasteiger partial charge is 0.338 e. The molecule has 0 spiro atoms. The van der Waals surface area contributed by atoms with Gasteiger partial charge in [0.25, 0.3) is 0 Å². The van der Waals surface area contributed by atoms with Crippen molar-refractivity contribution < 1.29 is 9.53 Å². The number of aryl methyl sites for hydroxylation is 1. The summed E-state index contributed by atoms with van der Waals surface area (Å²) in [7, 11) is 0. The van der Waals surface area contributed by atoms with Crippen molar-refractivity contribution in [3.63, 3.8) is 0 Å². The molecule has 0 saturated carbocycles. The van der Waals surface area contributed by atoms with Gasteiger partial charge in [0, 0.05) is 55.7 Å². The van der Waals surface area contributed by atoms with Crippen molar-refractivity contribution in [2.24, 2.45) is 0 Å². The average molecular weight is 428 g/mol. The molecule has 0 bridgehead atoms. The Hall–Kier alpha value is -3.54. The minimum atomic E-state index is -0.224. The van der Waals surface area contributed by atoms with Gasteiger partial charge in [-0.2, -0.15) is 10.4 Å². The highest BCUT2D eigenvalue weighted by Crippen LogP contribution is 2.30. The molecule has 1 aromatic carbocycles. The summed E-state index contributed by atoms with van der Waals surface area (Å²) in [5, 5.41) is 17.0. The Labute approximate surface area is 186 Å². The zero-order valence-electron chi connectivity index (χ0n) is 18.1. The number of benzene rings is 1. The van der Waals surface area contributed by atoms with Crippen molar-refractivity contribution in [2.75, 3.05) is 19.6 Å². The van der Waals surface area contributed by atoms with Crippen molar-refractivity contribution in [3.05, 3.63) is 75.7 Å². The molecule has 5 rings (SSSR count). The highest BCUT2D eigenvalue weighted by molar-refractivity contribution is 5.94. The number of esters is 1. The summed E-state index contributed by atoms with van der Waals surface area (Å²) in [4.78, 5) is 18.8. The molecule has 32 heavy (non-hydrogen) atoms. The number of hydrogen-bond donors (Lipinski definition) is 1. The summed E-state index contributed by atoms with van der Waals surface area (Å²) in [5.41, 5.74) is 6.46. The maximum atomic E-state index is 11.8. The minimum Gasteiger partial charge on any atom is -0.457 e. The summed E-state index contributed by atoms with van der Waals surface area (Å²) in [6.45, 7) is 7.84. The number of nitriles is 1. The van der Waals surface area contributed by atoms with Crippen LogP contribution in [-0.4, -0.2) is 45.3 Å². The third-order valence-electron chi connectivity index (χ3n) is 6.30. The lowest BCUT2D eigenvalue weighted by Crippen LogP contribution is -2.45. The Morgan fingerprint density at radius 3 is 2.91 bits per heavy atom. The predicted molar refractivity (Wildman–Crippen MR) is 117 cm³/mol. The van der Waals surface area contributed by atoms with Crippen LogP contribution in [0.4, 0.5) is 0 Å². The molecule has 3 aromatic rings. The lowest BCUT2D eigenvalue weighted by Gasteiger charge is -2.34. The lowest BCUT2D eigenvalue weighted by molar-refractivity contribution is 0.0535. The van der Waals surface area contributed by atoms with Crippen LogP contribution in [0, 0.1) is 25.2 Å². The van der Waals surface area contributed by atoms with Crippen molar-refractivity contribution in [1.82, 2.24) is 25.0 Å². The van der Waals surface area contributed by atoms with Gasteiger partial charge in [-0.25, -0.2) is 14.5 Å². The van der Waals surface area contributed by atoms with E-state index in [9.17, 15) is 4.79 Å². The Kier molecular flexibility index (Phi) is 5.21. The number of carbonyl (C=O) groups excluding carboxylic acids is 1. The monoisotopic (exact) mass is 428 g/mol. The second-order valence-electron chi connectivity index (χ2n) is 8.37. The highest BCUT2D eigenvalue weighted by Gasteiger charge is 2.28. The molecule has 8 heteroatoms. The van der Waals surface area contributed by atoms with Gasteiger partial charge in [0.2, 0.25) is 0 Å². The van der Waals surface area contributed by atoms with E-state index in [0.717, 1.165) is 48.4 Å². The van der Waals surface area contributed by atoms with Crippen LogP contribution >= 0.6 is 0 Å². The van der Waals surface area contributed by atoms with Crippen molar-refractivity contribution >= 4 is 5.97 Å². The van der Waals surface area contributed by atoms with E-state index in [2.05, 4.69) is 45.4 Å². The van der Waals surface area contributed by atoms with Gasteiger partial charge in [0.15, 0.2) is 11.5 Å². The quantitative estimate of drug-likeness (QED) is 0.638. The molecule has 1 fully saturated rings. The molecule has 2 aliphatic heterocycles. The van der Waals surface area contributed by atoms with Crippen LogP contribution < -0.4 is 5.32 Å². The molecule has 1 N–H and O–H groups in total. The second-order valence-corrected chi connectivity index (χ2v) is 8.37. The van der Waals surface area contributed by atoms with Crippen LogP contribution in [0.5, 0.6) is 0 Å². The molecular formula is C24H24N6O2. The lowest BCUT2D eigenvalue weighted by atomic mass is 9.93. The van der Waals surface area contributed by atoms with Crippen molar-refractivity contribution in [2.45, 2.75) is 33.0 Å². The number of aromatic nitrogens is 3. The van der Waals surface area contributed by atoms with Crippen LogP contribution in [-0.2, 0) is 17.9 Å².